The Labute approximate surface area is 51.1 Å². The standard InChI is InChI=1S/CH4N2O.H4O2SSi/c2-1(3)4;1-3(2)4/h(H4,2,3,4);3H,4H3. The van der Waals surface area contributed by atoms with E-state index in [1.165, 1.54) is 0 Å². The van der Waals surface area contributed by atoms with Gasteiger partial charge in [0.05, 0.1) is 0 Å². The van der Waals surface area contributed by atoms with Gasteiger partial charge in [-0.2, -0.15) is 0 Å². The quantitative estimate of drug-likeness (QED) is 0.256. The highest BCUT2D eigenvalue weighted by atomic mass is 32.4. The number of hydrogen-bond donors (Lipinski definition) is 3. The molecule has 0 spiro atoms. The molecule has 0 aromatic rings. The van der Waals surface area contributed by atoms with E-state index in [2.05, 4.69) is 11.5 Å². The fourth-order valence-corrected chi connectivity index (χ4v) is 0. The zero-order valence-electron chi connectivity index (χ0n) is 4.33. The van der Waals surface area contributed by atoms with Crippen LogP contribution in [0.2, 0.25) is 0 Å². The molecule has 4 N–H and O–H groups in total. The van der Waals surface area contributed by atoms with Gasteiger partial charge in [-0.25, -0.2) is 13.2 Å². The van der Waals surface area contributed by atoms with Crippen LogP contribution in [0.3, 0.4) is 0 Å². The summed E-state index contributed by atoms with van der Waals surface area (Å²) in [5.41, 5.74) is 8.50. The highest BCUT2D eigenvalue weighted by Gasteiger charge is 1.60. The van der Waals surface area contributed by atoms with Gasteiger partial charge in [-0.1, -0.05) is 0 Å². The first-order valence-corrected chi connectivity index (χ1v) is 5.90. The van der Waals surface area contributed by atoms with Crippen LogP contribution < -0.4 is 11.5 Å². The number of urea groups is 1. The summed E-state index contributed by atoms with van der Waals surface area (Å²) < 4.78 is 18.2. The maximum absolute atomic E-state index is 9.10. The van der Waals surface area contributed by atoms with Crippen LogP contribution in [-0.2, 0) is 10.2 Å². The molecule has 0 unspecified atom stereocenters. The molecule has 5 nitrogen and oxygen atoms in total. The second kappa shape index (κ2) is 6.44. The Morgan fingerprint density at radius 1 is 1.38 bits per heavy atom. The molecule has 0 heterocycles. The van der Waals surface area contributed by atoms with Gasteiger partial charge in [0.2, 0.25) is 0 Å². The topological polar surface area (TPSA) is 103 Å². The van der Waals surface area contributed by atoms with E-state index in [9.17, 15) is 0 Å². The van der Waals surface area contributed by atoms with Crippen molar-refractivity contribution in [1.29, 1.82) is 0 Å². The van der Waals surface area contributed by atoms with Crippen LogP contribution in [0.1, 0.15) is 0 Å². The number of carbonyl (C=O) groups excluding carboxylic acids is 1. The minimum atomic E-state index is -1.98. The van der Waals surface area contributed by atoms with Crippen LogP contribution in [0, 0.1) is 0 Å². The number of nitrogens with two attached hydrogens (primary N) is 2. The second-order valence-electron chi connectivity index (χ2n) is 0.842. The summed E-state index contributed by atoms with van der Waals surface area (Å²) in [4.78, 5) is 9.00. The van der Waals surface area contributed by atoms with E-state index in [0.717, 1.165) is 0 Å². The predicted molar refractivity (Wildman–Crippen MR) is 34.0 cm³/mol. The Kier molecular flexibility index (Phi) is 8.39. The Bertz CT molecular complexity index is 119. The summed E-state index contributed by atoms with van der Waals surface area (Å²) in [5.74, 6) is 0. The molecule has 0 aromatic carbocycles. The minimum absolute atomic E-state index is 0.302. The zero-order valence-corrected chi connectivity index (χ0v) is 7.22. The largest absolute Gasteiger partial charge is 0.352 e. The van der Waals surface area contributed by atoms with E-state index in [-0.39, 0.29) is 0 Å². The van der Waals surface area contributed by atoms with Crippen LogP contribution in [0.4, 0.5) is 4.79 Å². The summed E-state index contributed by atoms with van der Waals surface area (Å²) in [6, 6.07) is -0.833. The van der Waals surface area contributed by atoms with E-state index in [4.69, 9.17) is 13.2 Å². The molecule has 0 aliphatic carbocycles. The smallest absolute Gasteiger partial charge is 0.309 e. The van der Waals surface area contributed by atoms with E-state index in [1.807, 2.05) is 0 Å². The first-order valence-electron chi connectivity index (χ1n) is 1.59. The second-order valence-corrected chi connectivity index (χ2v) is 3.91. The van der Waals surface area contributed by atoms with Crippen molar-refractivity contribution in [2.24, 2.45) is 11.5 Å². The Hall–Kier alpha value is -0.563. The van der Waals surface area contributed by atoms with E-state index >= 15 is 0 Å². The van der Waals surface area contributed by atoms with Gasteiger partial charge in [0, 0.05) is 0 Å². The fraction of sp³-hybridized carbons (Fsp3) is 0. The molecule has 0 aliphatic heterocycles. The number of primary amides is 2. The first-order chi connectivity index (χ1) is 3.46. The molecule has 0 rings (SSSR count). The number of thiol groups is 1. The van der Waals surface area contributed by atoms with E-state index in [0.29, 0.717) is 9.39 Å². The van der Waals surface area contributed by atoms with Gasteiger partial charge >= 0.3 is 6.03 Å². The SMILES string of the molecule is NC(N)=O.O=[SH](=O)[SiH3]. The van der Waals surface area contributed by atoms with Gasteiger partial charge in [-0.15, -0.1) is 0 Å². The molecule has 0 atom stereocenters. The van der Waals surface area contributed by atoms with E-state index in [1.54, 1.807) is 0 Å². The number of amides is 2. The van der Waals surface area contributed by atoms with Gasteiger partial charge in [0.15, 0.2) is 0 Å². The van der Waals surface area contributed by atoms with Gasteiger partial charge < -0.3 is 11.5 Å². The molecule has 0 aromatic heterocycles. The molecule has 50 valence electrons. The molecular formula is CH8N2O3SSi. The third-order valence-electron chi connectivity index (χ3n) is 0. The lowest BCUT2D eigenvalue weighted by Crippen LogP contribution is -2.18. The Morgan fingerprint density at radius 3 is 1.38 bits per heavy atom. The monoisotopic (exact) mass is 156 g/mol. The maximum Gasteiger partial charge on any atom is 0.309 e. The summed E-state index contributed by atoms with van der Waals surface area (Å²) in [5, 5.41) is 0. The highest BCUT2D eigenvalue weighted by Crippen LogP contribution is 1.25. The summed E-state index contributed by atoms with van der Waals surface area (Å²) in [6.07, 6.45) is 0. The summed E-state index contributed by atoms with van der Waals surface area (Å²) >= 11 is 0. The van der Waals surface area contributed by atoms with Crippen LogP contribution in [0.5, 0.6) is 0 Å². The van der Waals surface area contributed by atoms with Gasteiger partial charge in [0.1, 0.15) is 19.5 Å². The normalized spacial score (nSPS) is 7.62. The van der Waals surface area contributed by atoms with Crippen LogP contribution in [0.25, 0.3) is 0 Å². The molecule has 7 heteroatoms. The lowest BCUT2D eigenvalue weighted by atomic mass is 11.2. The third-order valence-corrected chi connectivity index (χ3v) is 0. The van der Waals surface area contributed by atoms with Crippen molar-refractivity contribution in [2.45, 2.75) is 0 Å². The lowest BCUT2D eigenvalue weighted by molar-refractivity contribution is 0.256. The average Bonchev–Trinajstić information content (AvgIpc) is 1.25. The Balaban J connectivity index is 0. The molecule has 0 aliphatic rings. The number of carbonyl (C=O) groups is 1. The zero-order chi connectivity index (χ0) is 7.15. The summed E-state index contributed by atoms with van der Waals surface area (Å²) in [7, 11) is -1.68. The van der Waals surface area contributed by atoms with E-state index < -0.39 is 16.2 Å². The van der Waals surface area contributed by atoms with Crippen LogP contribution in [0.15, 0.2) is 0 Å². The number of rotatable bonds is 0. The van der Waals surface area contributed by atoms with Crippen molar-refractivity contribution in [1.82, 2.24) is 0 Å². The van der Waals surface area contributed by atoms with Gasteiger partial charge in [-0.05, 0) is 0 Å². The number of hydrogen-bond acceptors (Lipinski definition) is 3. The van der Waals surface area contributed by atoms with Crippen molar-refractivity contribution >= 4 is 25.6 Å². The van der Waals surface area contributed by atoms with Crippen molar-refractivity contribution in [3.8, 4) is 0 Å². The molecule has 0 saturated carbocycles. The van der Waals surface area contributed by atoms with Gasteiger partial charge in [0.25, 0.3) is 0 Å². The van der Waals surface area contributed by atoms with Crippen LogP contribution in [-0.4, -0.2) is 23.8 Å². The molecule has 0 fully saturated rings. The first kappa shape index (κ1) is 10.4. The fourth-order valence-electron chi connectivity index (χ4n) is 0. The maximum atomic E-state index is 9.10. The van der Waals surface area contributed by atoms with Crippen molar-refractivity contribution < 1.29 is 13.2 Å². The molecule has 0 radical (unpaired) electrons. The summed E-state index contributed by atoms with van der Waals surface area (Å²) in [6.45, 7) is 0. The third kappa shape index (κ3) is 338. The van der Waals surface area contributed by atoms with Crippen molar-refractivity contribution in [3.05, 3.63) is 0 Å². The average molecular weight is 156 g/mol. The lowest BCUT2D eigenvalue weighted by Gasteiger charge is -1.62. The molecule has 0 saturated heterocycles. The van der Waals surface area contributed by atoms with Crippen LogP contribution >= 0.6 is 0 Å². The highest BCUT2D eigenvalue weighted by molar-refractivity contribution is 7.96. The molecule has 2 amide bonds. The molecule has 8 heavy (non-hydrogen) atoms. The molecule has 0 bridgehead atoms. The molecular weight excluding hydrogens is 148 g/mol. The Morgan fingerprint density at radius 2 is 1.38 bits per heavy atom. The van der Waals surface area contributed by atoms with Crippen molar-refractivity contribution in [3.63, 3.8) is 0 Å². The van der Waals surface area contributed by atoms with Gasteiger partial charge in [-0.3, -0.25) is 0 Å². The van der Waals surface area contributed by atoms with Crippen molar-refractivity contribution in [2.75, 3.05) is 0 Å². The predicted octanol–water partition coefficient (Wildman–Crippen LogP) is -3.10. The minimum Gasteiger partial charge on any atom is -0.352 e.